The van der Waals surface area contributed by atoms with E-state index in [2.05, 4.69) is 10.2 Å². The van der Waals surface area contributed by atoms with E-state index in [-0.39, 0.29) is 18.5 Å². The fourth-order valence-electron chi connectivity index (χ4n) is 2.65. The first kappa shape index (κ1) is 15.1. The van der Waals surface area contributed by atoms with Crippen molar-refractivity contribution in [2.45, 2.75) is 32.7 Å². The second kappa shape index (κ2) is 6.43. The molecule has 1 saturated heterocycles. The highest BCUT2D eigenvalue weighted by Crippen LogP contribution is 2.27. The molecule has 114 valence electrons. The van der Waals surface area contributed by atoms with Gasteiger partial charge in [0.2, 0.25) is 0 Å². The maximum Gasteiger partial charge on any atom is 0.317 e. The Hall–Kier alpha value is -1.30. The number of piperazine rings is 1. The molecule has 2 fully saturated rings. The lowest BCUT2D eigenvalue weighted by Crippen LogP contribution is -2.53. The first-order valence-corrected chi connectivity index (χ1v) is 7.48. The lowest BCUT2D eigenvalue weighted by Gasteiger charge is -2.35. The highest BCUT2D eigenvalue weighted by molar-refractivity contribution is 5.76. The summed E-state index contributed by atoms with van der Waals surface area (Å²) in [6, 6.07) is 0.616. The van der Waals surface area contributed by atoms with Gasteiger partial charge in [-0.2, -0.15) is 0 Å². The quantitative estimate of drug-likeness (QED) is 0.784. The molecule has 0 spiro atoms. The van der Waals surface area contributed by atoms with Crippen molar-refractivity contribution in [3.05, 3.63) is 0 Å². The van der Waals surface area contributed by atoms with Crippen LogP contribution in [0.25, 0.3) is 0 Å². The molecule has 2 amide bonds. The molecule has 20 heavy (non-hydrogen) atoms. The molecular formula is C14H25N3O3. The van der Waals surface area contributed by atoms with E-state index in [1.54, 1.807) is 4.90 Å². The summed E-state index contributed by atoms with van der Waals surface area (Å²) in [5.74, 6) is -1.36. The van der Waals surface area contributed by atoms with Crippen LogP contribution in [0.1, 0.15) is 26.7 Å². The van der Waals surface area contributed by atoms with Crippen LogP contribution in [0, 0.1) is 11.8 Å². The Morgan fingerprint density at radius 3 is 2.25 bits per heavy atom. The van der Waals surface area contributed by atoms with Crippen LogP contribution in [0.3, 0.4) is 0 Å². The summed E-state index contributed by atoms with van der Waals surface area (Å²) in [6.45, 7) is 7.27. The number of hydrogen-bond donors (Lipinski definition) is 2. The minimum Gasteiger partial charge on any atom is -0.481 e. The third-order valence-corrected chi connectivity index (χ3v) is 4.26. The number of urea groups is 1. The Morgan fingerprint density at radius 2 is 1.80 bits per heavy atom. The van der Waals surface area contributed by atoms with Crippen LogP contribution in [-0.4, -0.2) is 65.7 Å². The van der Waals surface area contributed by atoms with E-state index in [9.17, 15) is 9.59 Å². The first-order chi connectivity index (χ1) is 9.49. The van der Waals surface area contributed by atoms with Gasteiger partial charge in [0, 0.05) is 38.8 Å². The summed E-state index contributed by atoms with van der Waals surface area (Å²) >= 11 is 0. The average Bonchev–Trinajstić information content (AvgIpc) is 3.22. The fourth-order valence-corrected chi connectivity index (χ4v) is 2.65. The first-order valence-electron chi connectivity index (χ1n) is 7.48. The second-order valence-electron chi connectivity index (χ2n) is 6.13. The number of nitrogens with one attached hydrogen (secondary N) is 1. The summed E-state index contributed by atoms with van der Waals surface area (Å²) < 4.78 is 0. The minimum atomic E-state index is -0.848. The van der Waals surface area contributed by atoms with Crippen molar-refractivity contribution < 1.29 is 14.7 Å². The van der Waals surface area contributed by atoms with Crippen molar-refractivity contribution in [3.8, 4) is 0 Å². The molecule has 0 radical (unpaired) electrons. The third-order valence-electron chi connectivity index (χ3n) is 4.26. The molecule has 0 aromatic rings. The van der Waals surface area contributed by atoms with Crippen LogP contribution in [-0.2, 0) is 4.79 Å². The summed E-state index contributed by atoms with van der Waals surface area (Å²) in [7, 11) is 0. The van der Waals surface area contributed by atoms with Crippen LogP contribution in [0.15, 0.2) is 0 Å². The number of rotatable bonds is 5. The maximum absolute atomic E-state index is 12.0. The summed E-state index contributed by atoms with van der Waals surface area (Å²) in [4.78, 5) is 27.4. The number of hydrogen-bond acceptors (Lipinski definition) is 3. The van der Waals surface area contributed by atoms with Gasteiger partial charge in [0.25, 0.3) is 0 Å². The predicted molar refractivity (Wildman–Crippen MR) is 75.5 cm³/mol. The number of carboxylic acid groups (broad SMARTS) is 1. The molecule has 2 rings (SSSR count). The molecule has 1 atom stereocenters. The number of carboxylic acids is 1. The van der Waals surface area contributed by atoms with Crippen LogP contribution >= 0.6 is 0 Å². The fraction of sp³-hybridized carbons (Fsp3) is 0.857. The van der Waals surface area contributed by atoms with Gasteiger partial charge in [0.05, 0.1) is 5.92 Å². The largest absolute Gasteiger partial charge is 0.481 e. The van der Waals surface area contributed by atoms with E-state index in [0.29, 0.717) is 0 Å². The molecule has 6 heteroatoms. The molecule has 1 saturated carbocycles. The van der Waals surface area contributed by atoms with Crippen molar-refractivity contribution >= 4 is 12.0 Å². The molecular weight excluding hydrogens is 258 g/mol. The summed E-state index contributed by atoms with van der Waals surface area (Å²) in [5.41, 5.74) is 0. The number of carbonyl (C=O) groups excluding carboxylic acids is 1. The van der Waals surface area contributed by atoms with E-state index in [0.717, 1.165) is 32.2 Å². The van der Waals surface area contributed by atoms with Crippen LogP contribution in [0.5, 0.6) is 0 Å². The molecule has 1 heterocycles. The minimum absolute atomic E-state index is 0.0134. The number of nitrogens with zero attached hydrogens (tertiary/aromatic N) is 2. The van der Waals surface area contributed by atoms with E-state index in [4.69, 9.17) is 5.11 Å². The molecule has 0 bridgehead atoms. The molecule has 0 aromatic carbocycles. The van der Waals surface area contributed by atoms with Crippen molar-refractivity contribution in [3.63, 3.8) is 0 Å². The standard InChI is InChI=1S/C14H25N3O3/c1-10(2)12(13(18)19)9-15-14(20)17-7-5-16(6-8-17)11-3-4-11/h10-12H,3-9H2,1-2H3,(H,15,20)(H,18,19). The third kappa shape index (κ3) is 3.85. The van der Waals surface area contributed by atoms with Crippen molar-refractivity contribution in [2.24, 2.45) is 11.8 Å². The zero-order valence-corrected chi connectivity index (χ0v) is 12.3. The highest BCUT2D eigenvalue weighted by Gasteiger charge is 2.32. The Bertz CT molecular complexity index is 361. The molecule has 2 N–H and O–H groups in total. The number of carbonyl (C=O) groups is 2. The van der Waals surface area contributed by atoms with Gasteiger partial charge in [0.15, 0.2) is 0 Å². The monoisotopic (exact) mass is 283 g/mol. The van der Waals surface area contributed by atoms with Gasteiger partial charge in [-0.1, -0.05) is 13.8 Å². The molecule has 1 aliphatic carbocycles. The summed E-state index contributed by atoms with van der Waals surface area (Å²) in [6.07, 6.45) is 2.59. The van der Waals surface area contributed by atoms with Crippen LogP contribution in [0.2, 0.25) is 0 Å². The van der Waals surface area contributed by atoms with Gasteiger partial charge in [-0.25, -0.2) is 4.79 Å². The van der Waals surface area contributed by atoms with Gasteiger partial charge < -0.3 is 15.3 Å². The van der Waals surface area contributed by atoms with Gasteiger partial charge >= 0.3 is 12.0 Å². The molecule has 1 aliphatic heterocycles. The molecule has 2 aliphatic rings. The van der Waals surface area contributed by atoms with Gasteiger partial charge in [-0.3, -0.25) is 9.69 Å². The zero-order chi connectivity index (χ0) is 14.7. The lowest BCUT2D eigenvalue weighted by molar-refractivity contribution is -0.142. The van der Waals surface area contributed by atoms with Gasteiger partial charge in [-0.05, 0) is 18.8 Å². The van der Waals surface area contributed by atoms with Gasteiger partial charge in [-0.15, -0.1) is 0 Å². The Balaban J connectivity index is 1.73. The number of aliphatic carboxylic acids is 1. The smallest absolute Gasteiger partial charge is 0.317 e. The second-order valence-corrected chi connectivity index (χ2v) is 6.13. The maximum atomic E-state index is 12.0. The number of amides is 2. The van der Waals surface area contributed by atoms with E-state index >= 15 is 0 Å². The topological polar surface area (TPSA) is 72.9 Å². The van der Waals surface area contributed by atoms with Crippen molar-refractivity contribution in [2.75, 3.05) is 32.7 Å². The van der Waals surface area contributed by atoms with Gasteiger partial charge in [0.1, 0.15) is 0 Å². The molecule has 1 unspecified atom stereocenters. The Labute approximate surface area is 120 Å². The highest BCUT2D eigenvalue weighted by atomic mass is 16.4. The summed E-state index contributed by atoms with van der Waals surface area (Å²) in [5, 5.41) is 11.9. The van der Waals surface area contributed by atoms with Crippen molar-refractivity contribution in [1.29, 1.82) is 0 Å². The Kier molecular flexibility index (Phi) is 4.86. The molecule has 0 aromatic heterocycles. The van der Waals surface area contributed by atoms with Crippen molar-refractivity contribution in [1.82, 2.24) is 15.1 Å². The average molecular weight is 283 g/mol. The van der Waals surface area contributed by atoms with Crippen LogP contribution in [0.4, 0.5) is 4.79 Å². The zero-order valence-electron chi connectivity index (χ0n) is 12.3. The van der Waals surface area contributed by atoms with E-state index < -0.39 is 11.9 Å². The van der Waals surface area contributed by atoms with E-state index in [1.165, 1.54) is 12.8 Å². The van der Waals surface area contributed by atoms with E-state index in [1.807, 2.05) is 13.8 Å². The SMILES string of the molecule is CC(C)C(CNC(=O)N1CCN(C2CC2)CC1)C(=O)O. The molecule has 6 nitrogen and oxygen atoms in total. The van der Waals surface area contributed by atoms with Crippen LogP contribution < -0.4 is 5.32 Å². The predicted octanol–water partition coefficient (Wildman–Crippen LogP) is 0.833. The lowest BCUT2D eigenvalue weighted by atomic mass is 9.96. The normalized spacial score (nSPS) is 21.9. The Morgan fingerprint density at radius 1 is 1.20 bits per heavy atom.